The zero-order valence-electron chi connectivity index (χ0n) is 19.5. The van der Waals surface area contributed by atoms with Gasteiger partial charge in [0.15, 0.2) is 6.10 Å². The van der Waals surface area contributed by atoms with Crippen LogP contribution in [-0.2, 0) is 9.53 Å². The van der Waals surface area contributed by atoms with Crippen LogP contribution in [0.15, 0.2) is 72.8 Å². The van der Waals surface area contributed by atoms with Gasteiger partial charge in [-0.05, 0) is 90.6 Å². The molecule has 1 atom stereocenters. The predicted octanol–water partition coefficient (Wildman–Crippen LogP) is 8.73. The summed E-state index contributed by atoms with van der Waals surface area (Å²) in [5.74, 6) is -1.03. The molecule has 0 aliphatic rings. The molecule has 0 spiro atoms. The van der Waals surface area contributed by atoms with Crippen molar-refractivity contribution >= 4 is 39.9 Å². The fourth-order valence-corrected chi connectivity index (χ4v) is 4.56. The van der Waals surface area contributed by atoms with Crippen LogP contribution in [0.25, 0.3) is 33.0 Å². The van der Waals surface area contributed by atoms with Crippen LogP contribution in [0.5, 0.6) is 0 Å². The highest BCUT2D eigenvalue weighted by atomic mass is 35.5. The first-order chi connectivity index (χ1) is 16.0. The van der Waals surface area contributed by atoms with Gasteiger partial charge in [0, 0.05) is 15.6 Å². The molecule has 3 nitrogen and oxygen atoms in total. The predicted molar refractivity (Wildman–Crippen MR) is 141 cm³/mol. The van der Waals surface area contributed by atoms with Gasteiger partial charge < -0.3 is 9.84 Å². The molecule has 0 aliphatic carbocycles. The van der Waals surface area contributed by atoms with Gasteiger partial charge in [0.2, 0.25) is 0 Å². The van der Waals surface area contributed by atoms with Crippen molar-refractivity contribution in [3.8, 4) is 22.3 Å². The molecule has 5 heteroatoms. The number of carboxylic acid groups (broad SMARTS) is 1. The van der Waals surface area contributed by atoms with Crippen LogP contribution in [0, 0.1) is 6.92 Å². The number of aryl methyl sites for hydroxylation is 1. The summed E-state index contributed by atoms with van der Waals surface area (Å²) in [7, 11) is 0. The number of halogens is 2. The number of carbonyl (C=O) groups is 1. The summed E-state index contributed by atoms with van der Waals surface area (Å²) in [5.41, 5.74) is 4.63. The van der Waals surface area contributed by atoms with E-state index in [4.69, 9.17) is 27.9 Å². The zero-order valence-corrected chi connectivity index (χ0v) is 21.0. The monoisotopic (exact) mass is 492 g/mol. The minimum atomic E-state index is -1.13. The average Bonchev–Trinajstić information content (AvgIpc) is 2.77. The number of hydrogen-bond donors (Lipinski definition) is 1. The first-order valence-electron chi connectivity index (χ1n) is 11.0. The maximum Gasteiger partial charge on any atom is 0.337 e. The van der Waals surface area contributed by atoms with Crippen molar-refractivity contribution in [2.45, 2.75) is 39.4 Å². The molecule has 0 saturated carbocycles. The summed E-state index contributed by atoms with van der Waals surface area (Å²) in [4.78, 5) is 12.5. The highest BCUT2D eigenvalue weighted by Crippen LogP contribution is 2.43. The van der Waals surface area contributed by atoms with E-state index in [-0.39, 0.29) is 0 Å². The number of aliphatic carboxylic acids is 1. The third-order valence-electron chi connectivity index (χ3n) is 5.68. The van der Waals surface area contributed by atoms with E-state index in [1.165, 1.54) is 0 Å². The lowest BCUT2D eigenvalue weighted by atomic mass is 9.85. The van der Waals surface area contributed by atoms with Gasteiger partial charge in [-0.25, -0.2) is 4.79 Å². The number of benzene rings is 4. The first-order valence-corrected chi connectivity index (χ1v) is 11.8. The molecule has 4 aromatic rings. The number of ether oxygens (including phenoxy) is 1. The smallest absolute Gasteiger partial charge is 0.337 e. The number of hydrogen-bond acceptors (Lipinski definition) is 2. The molecule has 0 heterocycles. The van der Waals surface area contributed by atoms with Crippen molar-refractivity contribution in [3.05, 3.63) is 94.0 Å². The summed E-state index contributed by atoms with van der Waals surface area (Å²) in [6.45, 7) is 7.52. The third-order valence-corrected chi connectivity index (χ3v) is 6.18. The van der Waals surface area contributed by atoms with E-state index in [0.29, 0.717) is 15.6 Å². The van der Waals surface area contributed by atoms with Crippen molar-refractivity contribution in [2.24, 2.45) is 0 Å². The number of fused-ring (bicyclic) bond motifs is 1. The van der Waals surface area contributed by atoms with Crippen molar-refractivity contribution in [3.63, 3.8) is 0 Å². The lowest BCUT2D eigenvalue weighted by Crippen LogP contribution is -2.28. The molecule has 34 heavy (non-hydrogen) atoms. The fraction of sp³-hybridized carbons (Fsp3) is 0.207. The molecule has 4 aromatic carbocycles. The second kappa shape index (κ2) is 9.42. The average molecular weight is 493 g/mol. The summed E-state index contributed by atoms with van der Waals surface area (Å²) in [6.07, 6.45) is -1.13. The van der Waals surface area contributed by atoms with Crippen LogP contribution in [0.3, 0.4) is 0 Å². The molecular weight excluding hydrogens is 467 g/mol. The summed E-state index contributed by atoms with van der Waals surface area (Å²) < 4.78 is 6.09. The Bertz CT molecular complexity index is 1350. The van der Waals surface area contributed by atoms with Gasteiger partial charge in [-0.15, -0.1) is 0 Å². The van der Waals surface area contributed by atoms with Crippen molar-refractivity contribution in [1.82, 2.24) is 0 Å². The minimum absolute atomic E-state index is 0.616. The van der Waals surface area contributed by atoms with Gasteiger partial charge in [-0.3, -0.25) is 0 Å². The van der Waals surface area contributed by atoms with Crippen LogP contribution >= 0.6 is 23.2 Å². The molecule has 4 rings (SSSR count). The summed E-state index contributed by atoms with van der Waals surface area (Å²) in [5, 5.41) is 13.5. The number of carboxylic acids is 1. The Morgan fingerprint density at radius 3 is 1.94 bits per heavy atom. The Morgan fingerprint density at radius 2 is 1.41 bits per heavy atom. The van der Waals surface area contributed by atoms with Crippen LogP contribution in [0.2, 0.25) is 10.0 Å². The van der Waals surface area contributed by atoms with Gasteiger partial charge in [-0.2, -0.15) is 0 Å². The maximum atomic E-state index is 12.5. The van der Waals surface area contributed by atoms with Crippen LogP contribution in [0.4, 0.5) is 0 Å². The zero-order chi connectivity index (χ0) is 24.6. The molecule has 0 bridgehead atoms. The molecule has 0 amide bonds. The highest BCUT2D eigenvalue weighted by Gasteiger charge is 2.31. The second-order valence-corrected chi connectivity index (χ2v) is 10.2. The highest BCUT2D eigenvalue weighted by molar-refractivity contribution is 6.31. The van der Waals surface area contributed by atoms with Gasteiger partial charge >= 0.3 is 5.97 Å². The first kappa shape index (κ1) is 24.3. The van der Waals surface area contributed by atoms with E-state index in [9.17, 15) is 9.90 Å². The largest absolute Gasteiger partial charge is 0.479 e. The van der Waals surface area contributed by atoms with E-state index < -0.39 is 17.7 Å². The summed E-state index contributed by atoms with van der Waals surface area (Å²) >= 11 is 12.3. The summed E-state index contributed by atoms with van der Waals surface area (Å²) in [6, 6.07) is 23.3. The van der Waals surface area contributed by atoms with E-state index in [0.717, 1.165) is 38.6 Å². The van der Waals surface area contributed by atoms with Crippen LogP contribution in [0.1, 0.15) is 38.0 Å². The van der Waals surface area contributed by atoms with Crippen LogP contribution < -0.4 is 0 Å². The molecule has 174 valence electrons. The molecule has 1 unspecified atom stereocenters. The van der Waals surface area contributed by atoms with Crippen molar-refractivity contribution < 1.29 is 14.6 Å². The van der Waals surface area contributed by atoms with E-state index in [1.54, 1.807) is 0 Å². The van der Waals surface area contributed by atoms with Crippen molar-refractivity contribution in [1.29, 1.82) is 0 Å². The Kier molecular flexibility index (Phi) is 6.73. The molecule has 1 N–H and O–H groups in total. The Hall–Kier alpha value is -2.85. The van der Waals surface area contributed by atoms with Crippen LogP contribution in [-0.4, -0.2) is 16.7 Å². The quantitative estimate of drug-likeness (QED) is 0.302. The van der Waals surface area contributed by atoms with E-state index in [1.807, 2.05) is 88.4 Å². The van der Waals surface area contributed by atoms with Gasteiger partial charge in [0.1, 0.15) is 0 Å². The SMILES string of the molecule is Cc1cc2c(-c3ccc(Cl)cc3)cccc2c(-c2ccc(Cl)cc2)c1C(OC(C)(C)C)C(=O)O. The second-order valence-electron chi connectivity index (χ2n) is 9.35. The topological polar surface area (TPSA) is 46.5 Å². The Labute approximate surface area is 209 Å². The molecular formula is C29H26Cl2O3. The van der Waals surface area contributed by atoms with E-state index in [2.05, 4.69) is 12.1 Å². The molecule has 0 aromatic heterocycles. The maximum absolute atomic E-state index is 12.5. The van der Waals surface area contributed by atoms with Gasteiger partial charge in [0.25, 0.3) is 0 Å². The van der Waals surface area contributed by atoms with Gasteiger partial charge in [-0.1, -0.05) is 71.7 Å². The Balaban J connectivity index is 2.09. The lowest BCUT2D eigenvalue weighted by Gasteiger charge is -2.29. The van der Waals surface area contributed by atoms with Crippen molar-refractivity contribution in [2.75, 3.05) is 0 Å². The fourth-order valence-electron chi connectivity index (χ4n) is 4.31. The standard InChI is InChI=1S/C29H26Cl2O3/c1-17-16-24-22(18-8-12-20(30)13-9-18)6-5-7-23(24)26(19-10-14-21(31)15-11-19)25(17)27(28(32)33)34-29(2,3)4/h5-16,27H,1-4H3,(H,32,33). The van der Waals surface area contributed by atoms with E-state index >= 15 is 0 Å². The lowest BCUT2D eigenvalue weighted by molar-refractivity contribution is -0.160. The van der Waals surface area contributed by atoms with Gasteiger partial charge in [0.05, 0.1) is 5.60 Å². The third kappa shape index (κ3) is 4.97. The minimum Gasteiger partial charge on any atom is -0.479 e. The number of rotatable bonds is 5. The molecule has 0 radical (unpaired) electrons. The molecule has 0 fully saturated rings. The molecule has 0 aliphatic heterocycles. The Morgan fingerprint density at radius 1 is 0.853 bits per heavy atom. The normalized spacial score (nSPS) is 12.6. The molecule has 0 saturated heterocycles.